The van der Waals surface area contributed by atoms with Crippen LogP contribution in [0.15, 0.2) is 79.0 Å². The normalized spacial score (nSPS) is 10.2. The SMILES string of the molecule is CC.COC(=O)c1cccc2c1ccn2-c1ccc(Oc2ccc(F)cc2)cc1. The molecule has 5 heteroatoms. The fraction of sp³-hybridized carbons (Fsp3) is 0.125. The number of benzene rings is 3. The van der Waals surface area contributed by atoms with Crippen molar-refractivity contribution in [3.8, 4) is 17.2 Å². The minimum Gasteiger partial charge on any atom is -0.465 e. The number of nitrogens with zero attached hydrogens (tertiary/aromatic N) is 1. The van der Waals surface area contributed by atoms with Crippen molar-refractivity contribution < 1.29 is 18.7 Å². The van der Waals surface area contributed by atoms with Crippen LogP contribution in [0.25, 0.3) is 16.6 Å². The Kier molecular flexibility index (Phi) is 6.29. The van der Waals surface area contributed by atoms with Gasteiger partial charge in [0.05, 0.1) is 18.2 Å². The van der Waals surface area contributed by atoms with Crippen LogP contribution in [0.5, 0.6) is 11.5 Å². The number of fused-ring (bicyclic) bond motifs is 1. The van der Waals surface area contributed by atoms with Gasteiger partial charge in [0, 0.05) is 17.3 Å². The second kappa shape index (κ2) is 9.06. The van der Waals surface area contributed by atoms with Crippen molar-refractivity contribution in [2.24, 2.45) is 0 Å². The third-order valence-corrected chi connectivity index (χ3v) is 4.30. The van der Waals surface area contributed by atoms with Crippen LogP contribution in [0.4, 0.5) is 4.39 Å². The summed E-state index contributed by atoms with van der Waals surface area (Å²) in [6, 6.07) is 20.8. The number of halogens is 1. The lowest BCUT2D eigenvalue weighted by Gasteiger charge is -2.09. The number of aromatic nitrogens is 1. The number of hydrogen-bond donors (Lipinski definition) is 0. The molecule has 1 aromatic heterocycles. The first-order valence-corrected chi connectivity index (χ1v) is 9.38. The summed E-state index contributed by atoms with van der Waals surface area (Å²) in [4.78, 5) is 11.9. The molecule has 0 aliphatic carbocycles. The average Bonchev–Trinajstić information content (AvgIpc) is 3.21. The van der Waals surface area contributed by atoms with Crippen LogP contribution in [0.1, 0.15) is 24.2 Å². The Balaban J connectivity index is 0.00000117. The van der Waals surface area contributed by atoms with E-state index in [9.17, 15) is 9.18 Å². The summed E-state index contributed by atoms with van der Waals surface area (Å²) in [6.45, 7) is 4.00. The minimum absolute atomic E-state index is 0.302. The summed E-state index contributed by atoms with van der Waals surface area (Å²) in [5, 5.41) is 0.830. The molecule has 0 aliphatic rings. The van der Waals surface area contributed by atoms with E-state index >= 15 is 0 Å². The van der Waals surface area contributed by atoms with E-state index in [-0.39, 0.29) is 11.8 Å². The lowest BCUT2D eigenvalue weighted by Crippen LogP contribution is -2.01. The smallest absolute Gasteiger partial charge is 0.338 e. The van der Waals surface area contributed by atoms with Gasteiger partial charge in [0.25, 0.3) is 0 Å². The van der Waals surface area contributed by atoms with Gasteiger partial charge in [-0.15, -0.1) is 0 Å². The third-order valence-electron chi connectivity index (χ3n) is 4.30. The van der Waals surface area contributed by atoms with Crippen molar-refractivity contribution in [1.82, 2.24) is 4.57 Å². The molecule has 0 saturated carbocycles. The van der Waals surface area contributed by atoms with E-state index in [4.69, 9.17) is 9.47 Å². The molecule has 148 valence electrons. The number of esters is 1. The Morgan fingerprint density at radius 1 is 0.862 bits per heavy atom. The fourth-order valence-corrected chi connectivity index (χ4v) is 2.99. The lowest BCUT2D eigenvalue weighted by atomic mass is 10.1. The number of carbonyl (C=O) groups excluding carboxylic acids is 1. The Hall–Kier alpha value is -3.60. The maximum Gasteiger partial charge on any atom is 0.338 e. The second-order valence-electron chi connectivity index (χ2n) is 5.97. The highest BCUT2D eigenvalue weighted by atomic mass is 19.1. The molecule has 0 fully saturated rings. The molecule has 0 N–H and O–H groups in total. The highest BCUT2D eigenvalue weighted by Gasteiger charge is 2.13. The summed E-state index contributed by atoms with van der Waals surface area (Å²) in [5.41, 5.74) is 2.37. The molecule has 0 saturated heterocycles. The van der Waals surface area contributed by atoms with Crippen molar-refractivity contribution in [2.75, 3.05) is 7.11 Å². The molecule has 0 radical (unpaired) electrons. The monoisotopic (exact) mass is 391 g/mol. The lowest BCUT2D eigenvalue weighted by molar-refractivity contribution is 0.0603. The van der Waals surface area contributed by atoms with E-state index in [1.54, 1.807) is 18.2 Å². The Labute approximate surface area is 169 Å². The standard InChI is InChI=1S/C22H16FNO3.C2H6/c1-26-22(25)20-3-2-4-21-19(20)13-14-24(21)16-7-11-18(12-8-16)27-17-9-5-15(23)6-10-17;1-2/h2-14H,1H3;1-2H3. The van der Waals surface area contributed by atoms with E-state index in [1.807, 2.05) is 67.1 Å². The molecular formula is C24H22FNO3. The Morgan fingerprint density at radius 3 is 2.10 bits per heavy atom. The third kappa shape index (κ3) is 4.29. The zero-order chi connectivity index (χ0) is 20.8. The highest BCUT2D eigenvalue weighted by Crippen LogP contribution is 2.27. The van der Waals surface area contributed by atoms with E-state index in [1.165, 1.54) is 19.2 Å². The van der Waals surface area contributed by atoms with Crippen LogP contribution >= 0.6 is 0 Å². The van der Waals surface area contributed by atoms with Gasteiger partial charge in [-0.25, -0.2) is 9.18 Å². The van der Waals surface area contributed by atoms with Crippen LogP contribution in [0, 0.1) is 5.82 Å². The van der Waals surface area contributed by atoms with Gasteiger partial charge in [-0.2, -0.15) is 0 Å². The highest BCUT2D eigenvalue weighted by molar-refractivity contribution is 6.04. The molecule has 1 heterocycles. The summed E-state index contributed by atoms with van der Waals surface area (Å²) in [7, 11) is 1.37. The van der Waals surface area contributed by atoms with E-state index in [2.05, 4.69) is 0 Å². The second-order valence-corrected chi connectivity index (χ2v) is 5.97. The quantitative estimate of drug-likeness (QED) is 0.379. The maximum absolute atomic E-state index is 13.0. The molecule has 0 bridgehead atoms. The van der Waals surface area contributed by atoms with Crippen molar-refractivity contribution in [3.63, 3.8) is 0 Å². The van der Waals surface area contributed by atoms with Crippen molar-refractivity contribution in [3.05, 3.63) is 90.4 Å². The number of ether oxygens (including phenoxy) is 2. The first kappa shape index (κ1) is 20.1. The first-order chi connectivity index (χ1) is 14.2. The summed E-state index contributed by atoms with van der Waals surface area (Å²) < 4.78 is 25.5. The zero-order valence-electron chi connectivity index (χ0n) is 16.6. The predicted octanol–water partition coefficient (Wildman–Crippen LogP) is 6.37. The van der Waals surface area contributed by atoms with Crippen LogP contribution in [-0.4, -0.2) is 17.6 Å². The molecule has 3 aromatic carbocycles. The molecule has 4 nitrogen and oxygen atoms in total. The first-order valence-electron chi connectivity index (χ1n) is 9.38. The number of methoxy groups -OCH3 is 1. The molecule has 0 spiro atoms. The fourth-order valence-electron chi connectivity index (χ4n) is 2.99. The Morgan fingerprint density at radius 2 is 1.48 bits per heavy atom. The van der Waals surface area contributed by atoms with Gasteiger partial charge in [0.2, 0.25) is 0 Å². The number of carbonyl (C=O) groups is 1. The van der Waals surface area contributed by atoms with Gasteiger partial charge >= 0.3 is 5.97 Å². The number of rotatable bonds is 4. The molecule has 4 rings (SSSR count). The van der Waals surface area contributed by atoms with Crippen LogP contribution < -0.4 is 4.74 Å². The molecular weight excluding hydrogens is 369 g/mol. The van der Waals surface area contributed by atoms with Crippen molar-refractivity contribution in [1.29, 1.82) is 0 Å². The van der Waals surface area contributed by atoms with Gasteiger partial charge in [0.15, 0.2) is 0 Å². The molecule has 0 amide bonds. The molecule has 4 aromatic rings. The van der Waals surface area contributed by atoms with E-state index < -0.39 is 0 Å². The molecule has 29 heavy (non-hydrogen) atoms. The summed E-state index contributed by atoms with van der Waals surface area (Å²) >= 11 is 0. The Bertz CT molecular complexity index is 1100. The van der Waals surface area contributed by atoms with Gasteiger partial charge in [-0.05, 0) is 66.7 Å². The summed E-state index contributed by atoms with van der Waals surface area (Å²) in [6.07, 6.45) is 1.91. The number of hydrogen-bond acceptors (Lipinski definition) is 3. The zero-order valence-corrected chi connectivity index (χ0v) is 16.6. The summed E-state index contributed by atoms with van der Waals surface area (Å²) in [5.74, 6) is 0.556. The van der Waals surface area contributed by atoms with Crippen LogP contribution in [0.2, 0.25) is 0 Å². The maximum atomic E-state index is 13.0. The van der Waals surface area contributed by atoms with Gasteiger partial charge in [0.1, 0.15) is 17.3 Å². The predicted molar refractivity (Wildman–Crippen MR) is 112 cm³/mol. The topological polar surface area (TPSA) is 40.5 Å². The van der Waals surface area contributed by atoms with Crippen molar-refractivity contribution >= 4 is 16.9 Å². The van der Waals surface area contributed by atoms with Gasteiger partial charge < -0.3 is 14.0 Å². The average molecular weight is 391 g/mol. The molecule has 0 atom stereocenters. The van der Waals surface area contributed by atoms with Gasteiger partial charge in [-0.3, -0.25) is 0 Å². The molecule has 0 aliphatic heterocycles. The van der Waals surface area contributed by atoms with E-state index in [0.29, 0.717) is 17.1 Å². The van der Waals surface area contributed by atoms with Crippen LogP contribution in [-0.2, 0) is 4.74 Å². The van der Waals surface area contributed by atoms with E-state index in [0.717, 1.165) is 16.6 Å². The minimum atomic E-state index is -0.360. The molecule has 0 unspecified atom stereocenters. The largest absolute Gasteiger partial charge is 0.465 e. The van der Waals surface area contributed by atoms with Crippen molar-refractivity contribution in [2.45, 2.75) is 13.8 Å². The van der Waals surface area contributed by atoms with Gasteiger partial charge in [-0.1, -0.05) is 19.9 Å². The van der Waals surface area contributed by atoms with Crippen LogP contribution in [0.3, 0.4) is 0 Å².